The molecule has 0 saturated heterocycles. The Hall–Kier alpha value is -1.96. The first-order valence-electron chi connectivity index (χ1n) is 9.66. The van der Waals surface area contributed by atoms with E-state index in [1.165, 1.54) is 11.1 Å². The molecule has 0 aliphatic heterocycles. The van der Waals surface area contributed by atoms with Gasteiger partial charge >= 0.3 is 0 Å². The van der Waals surface area contributed by atoms with Crippen LogP contribution in [0.15, 0.2) is 36.4 Å². The summed E-state index contributed by atoms with van der Waals surface area (Å²) in [6, 6.07) is 12.8. The topological polar surface area (TPSA) is 18.5 Å². The highest BCUT2D eigenvalue weighted by molar-refractivity contribution is 5.67. The van der Waals surface area contributed by atoms with Gasteiger partial charge in [-0.1, -0.05) is 26.0 Å². The molecule has 0 radical (unpaired) electrons. The molecule has 0 unspecified atom stereocenters. The van der Waals surface area contributed by atoms with Crippen LogP contribution in [0.2, 0.25) is 0 Å². The van der Waals surface area contributed by atoms with Crippen molar-refractivity contribution in [1.29, 1.82) is 0 Å². The van der Waals surface area contributed by atoms with E-state index in [1.807, 2.05) is 0 Å². The molecule has 0 bridgehead atoms. The van der Waals surface area contributed by atoms with E-state index < -0.39 is 0 Å². The van der Waals surface area contributed by atoms with Gasteiger partial charge in [0.2, 0.25) is 0 Å². The van der Waals surface area contributed by atoms with Crippen molar-refractivity contribution in [3.8, 4) is 22.6 Å². The number of ether oxygens (including phenoxy) is 2. The number of benzene rings is 2. The number of hydrogen-bond donors (Lipinski definition) is 0. The third-order valence-electron chi connectivity index (χ3n) is 5.16. The largest absolute Gasteiger partial charge is 0.488 e. The summed E-state index contributed by atoms with van der Waals surface area (Å²) in [5, 5.41) is 0. The van der Waals surface area contributed by atoms with Crippen LogP contribution in [0.1, 0.15) is 65.5 Å². The molecule has 2 aromatic rings. The Labute approximate surface area is 159 Å². The smallest absolute Gasteiger partial charge is 0.123 e. The molecule has 0 aliphatic carbocycles. The zero-order valence-corrected chi connectivity index (χ0v) is 17.7. The highest BCUT2D eigenvalue weighted by atomic mass is 16.5. The second kappa shape index (κ2) is 7.73. The van der Waals surface area contributed by atoms with Gasteiger partial charge in [0.1, 0.15) is 22.7 Å². The second-order valence-electron chi connectivity index (χ2n) is 8.39. The maximum absolute atomic E-state index is 6.16. The highest BCUT2D eigenvalue weighted by Crippen LogP contribution is 2.32. The Kier molecular flexibility index (Phi) is 6.05. The van der Waals surface area contributed by atoms with E-state index in [9.17, 15) is 0 Å². The summed E-state index contributed by atoms with van der Waals surface area (Å²) in [7, 11) is 0. The van der Waals surface area contributed by atoms with Crippen LogP contribution in [-0.4, -0.2) is 11.2 Å². The lowest BCUT2D eigenvalue weighted by Crippen LogP contribution is -2.27. The summed E-state index contributed by atoms with van der Waals surface area (Å²) in [6.07, 6.45) is 1.95. The zero-order valence-electron chi connectivity index (χ0n) is 17.7. The first kappa shape index (κ1) is 20.4. The Balaban J connectivity index is 2.26. The average molecular weight is 355 g/mol. The van der Waals surface area contributed by atoms with Crippen molar-refractivity contribution in [2.24, 2.45) is 0 Å². The summed E-state index contributed by atoms with van der Waals surface area (Å²) in [5.74, 6) is 1.92. The molecular formula is C24H34O2. The van der Waals surface area contributed by atoms with Crippen molar-refractivity contribution in [3.63, 3.8) is 0 Å². The van der Waals surface area contributed by atoms with E-state index in [1.54, 1.807) is 0 Å². The zero-order chi connectivity index (χ0) is 19.5. The Morgan fingerprint density at radius 3 is 1.27 bits per heavy atom. The summed E-state index contributed by atoms with van der Waals surface area (Å²) < 4.78 is 12.3. The summed E-state index contributed by atoms with van der Waals surface area (Å²) >= 11 is 0. The minimum atomic E-state index is -0.145. The van der Waals surface area contributed by atoms with Gasteiger partial charge in [-0.3, -0.25) is 0 Å². The molecule has 2 rings (SSSR count). The van der Waals surface area contributed by atoms with E-state index in [-0.39, 0.29) is 11.2 Å². The third kappa shape index (κ3) is 5.03. The molecule has 0 aliphatic rings. The van der Waals surface area contributed by atoms with Gasteiger partial charge in [0.05, 0.1) is 0 Å². The molecule has 2 aromatic carbocycles. The van der Waals surface area contributed by atoms with Gasteiger partial charge in [0.15, 0.2) is 0 Å². The van der Waals surface area contributed by atoms with Gasteiger partial charge in [-0.05, 0) is 101 Å². The SMILES string of the molecule is CCC(C)(C)Oc1ccc(-c2ccc(OC(C)(C)CC)c(C)c2)cc1C. The normalized spacial score (nSPS) is 12.2. The standard InChI is InChI=1S/C24H34O2/c1-9-23(5,6)25-21-13-11-19(15-17(21)3)20-12-14-22(18(4)16-20)26-24(7,8)10-2/h11-16H,9-10H2,1-8H3. The van der Waals surface area contributed by atoms with Gasteiger partial charge in [0, 0.05) is 0 Å². The maximum Gasteiger partial charge on any atom is 0.123 e. The average Bonchev–Trinajstić information content (AvgIpc) is 2.58. The van der Waals surface area contributed by atoms with Crippen molar-refractivity contribution >= 4 is 0 Å². The Morgan fingerprint density at radius 1 is 0.654 bits per heavy atom. The molecule has 0 aromatic heterocycles. The quantitative estimate of drug-likeness (QED) is 0.527. The Morgan fingerprint density at radius 2 is 1.00 bits per heavy atom. The first-order chi connectivity index (χ1) is 12.1. The number of rotatable bonds is 7. The second-order valence-corrected chi connectivity index (χ2v) is 8.39. The van der Waals surface area contributed by atoms with Crippen molar-refractivity contribution in [1.82, 2.24) is 0 Å². The molecule has 2 nitrogen and oxygen atoms in total. The van der Waals surface area contributed by atoms with Gasteiger partial charge in [-0.25, -0.2) is 0 Å². The van der Waals surface area contributed by atoms with Gasteiger partial charge < -0.3 is 9.47 Å². The predicted octanol–water partition coefficient (Wildman–Crippen LogP) is 7.11. The maximum atomic E-state index is 6.16. The van der Waals surface area contributed by atoms with E-state index in [4.69, 9.17) is 9.47 Å². The van der Waals surface area contributed by atoms with Crippen LogP contribution in [-0.2, 0) is 0 Å². The monoisotopic (exact) mass is 354 g/mol. The van der Waals surface area contributed by atoms with Crippen LogP contribution < -0.4 is 9.47 Å². The van der Waals surface area contributed by atoms with Gasteiger partial charge in [0.25, 0.3) is 0 Å². The van der Waals surface area contributed by atoms with E-state index in [2.05, 4.69) is 91.8 Å². The fraction of sp³-hybridized carbons (Fsp3) is 0.500. The molecule has 2 heteroatoms. The molecule has 0 N–H and O–H groups in total. The van der Waals surface area contributed by atoms with Crippen molar-refractivity contribution in [2.45, 2.75) is 79.4 Å². The molecule has 0 fully saturated rings. The van der Waals surface area contributed by atoms with Crippen LogP contribution in [0.25, 0.3) is 11.1 Å². The van der Waals surface area contributed by atoms with E-state index in [0.717, 1.165) is 35.5 Å². The minimum absolute atomic E-state index is 0.145. The van der Waals surface area contributed by atoms with Crippen molar-refractivity contribution in [3.05, 3.63) is 47.5 Å². The van der Waals surface area contributed by atoms with Crippen LogP contribution in [0.4, 0.5) is 0 Å². The molecule has 0 atom stereocenters. The fourth-order valence-electron chi connectivity index (χ4n) is 2.63. The summed E-state index contributed by atoms with van der Waals surface area (Å²) in [4.78, 5) is 0. The summed E-state index contributed by atoms with van der Waals surface area (Å²) in [5.41, 5.74) is 4.44. The van der Waals surface area contributed by atoms with Crippen LogP contribution >= 0.6 is 0 Å². The molecule has 0 heterocycles. The number of aryl methyl sites for hydroxylation is 2. The molecule has 26 heavy (non-hydrogen) atoms. The molecule has 0 saturated carbocycles. The predicted molar refractivity (Wildman–Crippen MR) is 111 cm³/mol. The molecular weight excluding hydrogens is 320 g/mol. The lowest BCUT2D eigenvalue weighted by Gasteiger charge is -2.26. The highest BCUT2D eigenvalue weighted by Gasteiger charge is 2.19. The van der Waals surface area contributed by atoms with Crippen LogP contribution in [0.5, 0.6) is 11.5 Å². The fourth-order valence-corrected chi connectivity index (χ4v) is 2.63. The lowest BCUT2D eigenvalue weighted by atomic mass is 10.00. The van der Waals surface area contributed by atoms with Gasteiger partial charge in [-0.2, -0.15) is 0 Å². The summed E-state index contributed by atoms with van der Waals surface area (Å²) in [6.45, 7) is 17.0. The van der Waals surface area contributed by atoms with Gasteiger partial charge in [-0.15, -0.1) is 0 Å². The minimum Gasteiger partial charge on any atom is -0.488 e. The molecule has 0 spiro atoms. The van der Waals surface area contributed by atoms with Crippen LogP contribution in [0.3, 0.4) is 0 Å². The third-order valence-corrected chi connectivity index (χ3v) is 5.16. The first-order valence-corrected chi connectivity index (χ1v) is 9.66. The van der Waals surface area contributed by atoms with E-state index >= 15 is 0 Å². The van der Waals surface area contributed by atoms with Crippen molar-refractivity contribution in [2.75, 3.05) is 0 Å². The van der Waals surface area contributed by atoms with E-state index in [0.29, 0.717) is 0 Å². The molecule has 142 valence electrons. The lowest BCUT2D eigenvalue weighted by molar-refractivity contribution is 0.104. The Bertz CT molecular complexity index is 691. The van der Waals surface area contributed by atoms with Crippen LogP contribution in [0, 0.1) is 13.8 Å². The molecule has 0 amide bonds. The number of hydrogen-bond acceptors (Lipinski definition) is 2. The van der Waals surface area contributed by atoms with Crippen molar-refractivity contribution < 1.29 is 9.47 Å².